The second-order valence-electron chi connectivity index (χ2n) is 5.78. The Morgan fingerprint density at radius 3 is 2.76 bits per heavy atom. The van der Waals surface area contributed by atoms with E-state index in [1.807, 2.05) is 13.0 Å². The predicted octanol–water partition coefficient (Wildman–Crippen LogP) is 4.31. The van der Waals surface area contributed by atoms with Crippen LogP contribution in [-0.2, 0) is 6.54 Å². The molecule has 110 valence electrons. The lowest BCUT2D eigenvalue weighted by Gasteiger charge is -2.13. The van der Waals surface area contributed by atoms with Gasteiger partial charge in [-0.1, -0.05) is 35.9 Å². The highest BCUT2D eigenvalue weighted by Gasteiger charge is 2.20. The maximum atomic E-state index is 5.63. The molecule has 0 aromatic heterocycles. The lowest BCUT2D eigenvalue weighted by atomic mass is 9.97. The average molecular weight is 281 g/mol. The first kappa shape index (κ1) is 14.2. The number of aryl methyl sites for hydroxylation is 1. The van der Waals surface area contributed by atoms with E-state index in [0.717, 1.165) is 18.3 Å². The van der Waals surface area contributed by atoms with E-state index in [1.165, 1.54) is 35.1 Å². The fourth-order valence-corrected chi connectivity index (χ4v) is 2.58. The van der Waals surface area contributed by atoms with Gasteiger partial charge in [0, 0.05) is 12.6 Å². The van der Waals surface area contributed by atoms with E-state index >= 15 is 0 Å². The van der Waals surface area contributed by atoms with E-state index in [0.29, 0.717) is 6.61 Å². The fraction of sp³-hybridized carbons (Fsp3) is 0.368. The molecule has 2 nitrogen and oxygen atoms in total. The van der Waals surface area contributed by atoms with Crippen LogP contribution in [0.1, 0.15) is 30.9 Å². The third kappa shape index (κ3) is 3.64. The summed E-state index contributed by atoms with van der Waals surface area (Å²) < 4.78 is 5.63. The minimum Gasteiger partial charge on any atom is -0.494 e. The van der Waals surface area contributed by atoms with Crippen molar-refractivity contribution < 1.29 is 4.74 Å². The topological polar surface area (TPSA) is 21.3 Å². The second-order valence-corrected chi connectivity index (χ2v) is 5.78. The number of ether oxygens (including phenoxy) is 1. The molecule has 1 N–H and O–H groups in total. The van der Waals surface area contributed by atoms with Gasteiger partial charge in [0.25, 0.3) is 0 Å². The van der Waals surface area contributed by atoms with Crippen LogP contribution in [0.25, 0.3) is 11.1 Å². The van der Waals surface area contributed by atoms with Gasteiger partial charge >= 0.3 is 0 Å². The van der Waals surface area contributed by atoms with Gasteiger partial charge in [-0.25, -0.2) is 0 Å². The lowest BCUT2D eigenvalue weighted by molar-refractivity contribution is 0.340. The Morgan fingerprint density at radius 2 is 2.00 bits per heavy atom. The molecule has 0 spiro atoms. The smallest absolute Gasteiger partial charge is 0.119 e. The van der Waals surface area contributed by atoms with Crippen molar-refractivity contribution in [3.63, 3.8) is 0 Å². The molecule has 2 aromatic carbocycles. The Kier molecular flexibility index (Phi) is 4.26. The van der Waals surface area contributed by atoms with Crippen LogP contribution >= 0.6 is 0 Å². The van der Waals surface area contributed by atoms with Gasteiger partial charge in [0.2, 0.25) is 0 Å². The van der Waals surface area contributed by atoms with Crippen molar-refractivity contribution >= 4 is 0 Å². The summed E-state index contributed by atoms with van der Waals surface area (Å²) >= 11 is 0. The SMILES string of the molecule is CCOc1cccc(-c2cc(C)ccc2CNC2CC2)c1. The summed E-state index contributed by atoms with van der Waals surface area (Å²) in [6, 6.07) is 15.8. The molecule has 0 aliphatic heterocycles. The van der Waals surface area contributed by atoms with Crippen molar-refractivity contribution in [2.75, 3.05) is 6.61 Å². The van der Waals surface area contributed by atoms with Crippen molar-refractivity contribution in [1.29, 1.82) is 0 Å². The molecule has 21 heavy (non-hydrogen) atoms. The summed E-state index contributed by atoms with van der Waals surface area (Å²) in [5.74, 6) is 0.942. The maximum absolute atomic E-state index is 5.63. The molecule has 0 unspecified atom stereocenters. The number of benzene rings is 2. The van der Waals surface area contributed by atoms with E-state index in [4.69, 9.17) is 4.74 Å². The summed E-state index contributed by atoms with van der Waals surface area (Å²) in [5.41, 5.74) is 5.20. The molecule has 0 heterocycles. The van der Waals surface area contributed by atoms with E-state index in [2.05, 4.69) is 48.6 Å². The van der Waals surface area contributed by atoms with Gasteiger partial charge in [-0.15, -0.1) is 0 Å². The van der Waals surface area contributed by atoms with Crippen LogP contribution in [0.15, 0.2) is 42.5 Å². The standard InChI is InChI=1S/C19H23NO/c1-3-21-18-6-4-5-15(12-18)19-11-14(2)7-8-16(19)13-20-17-9-10-17/h4-8,11-12,17,20H,3,9-10,13H2,1-2H3. The first-order valence-corrected chi connectivity index (χ1v) is 7.82. The van der Waals surface area contributed by atoms with Crippen LogP contribution in [0.5, 0.6) is 5.75 Å². The molecule has 1 saturated carbocycles. The Hall–Kier alpha value is -1.80. The van der Waals surface area contributed by atoms with Crippen LogP contribution in [0.4, 0.5) is 0 Å². The third-order valence-corrected chi connectivity index (χ3v) is 3.88. The van der Waals surface area contributed by atoms with Crippen molar-refractivity contribution in [3.8, 4) is 16.9 Å². The molecule has 0 bridgehead atoms. The van der Waals surface area contributed by atoms with Gasteiger partial charge < -0.3 is 10.1 Å². The van der Waals surface area contributed by atoms with Crippen LogP contribution in [0.3, 0.4) is 0 Å². The van der Waals surface area contributed by atoms with Gasteiger partial charge in [0.05, 0.1) is 6.61 Å². The predicted molar refractivity (Wildman–Crippen MR) is 87.6 cm³/mol. The number of rotatable bonds is 6. The molecule has 1 aliphatic rings. The minimum absolute atomic E-state index is 0.702. The Labute approximate surface area is 127 Å². The Morgan fingerprint density at radius 1 is 1.14 bits per heavy atom. The monoisotopic (exact) mass is 281 g/mol. The van der Waals surface area contributed by atoms with Crippen LogP contribution in [0.2, 0.25) is 0 Å². The first-order chi connectivity index (χ1) is 10.3. The highest BCUT2D eigenvalue weighted by atomic mass is 16.5. The molecular formula is C19H23NO. The highest BCUT2D eigenvalue weighted by Crippen LogP contribution is 2.29. The zero-order valence-electron chi connectivity index (χ0n) is 12.9. The zero-order chi connectivity index (χ0) is 14.7. The van der Waals surface area contributed by atoms with E-state index in [-0.39, 0.29) is 0 Å². The molecule has 0 radical (unpaired) electrons. The summed E-state index contributed by atoms with van der Waals surface area (Å²) in [6.07, 6.45) is 2.64. The van der Waals surface area contributed by atoms with E-state index in [1.54, 1.807) is 0 Å². The average Bonchev–Trinajstić information content (AvgIpc) is 3.31. The summed E-state index contributed by atoms with van der Waals surface area (Å²) in [5, 5.41) is 3.61. The van der Waals surface area contributed by atoms with Crippen LogP contribution in [0, 0.1) is 6.92 Å². The van der Waals surface area contributed by atoms with Crippen molar-refractivity contribution in [3.05, 3.63) is 53.6 Å². The van der Waals surface area contributed by atoms with Gasteiger partial charge in [-0.05, 0) is 55.5 Å². The second kappa shape index (κ2) is 6.31. The van der Waals surface area contributed by atoms with E-state index < -0.39 is 0 Å². The Balaban J connectivity index is 1.90. The lowest BCUT2D eigenvalue weighted by Crippen LogP contribution is -2.15. The minimum atomic E-state index is 0.702. The van der Waals surface area contributed by atoms with Crippen molar-refractivity contribution in [1.82, 2.24) is 5.32 Å². The van der Waals surface area contributed by atoms with Crippen LogP contribution < -0.4 is 10.1 Å². The quantitative estimate of drug-likeness (QED) is 0.851. The fourth-order valence-electron chi connectivity index (χ4n) is 2.58. The summed E-state index contributed by atoms with van der Waals surface area (Å²) in [4.78, 5) is 0. The molecule has 0 saturated heterocycles. The number of hydrogen-bond acceptors (Lipinski definition) is 2. The maximum Gasteiger partial charge on any atom is 0.119 e. The molecule has 1 aliphatic carbocycles. The molecule has 0 atom stereocenters. The largest absolute Gasteiger partial charge is 0.494 e. The van der Waals surface area contributed by atoms with Gasteiger partial charge in [0.1, 0.15) is 5.75 Å². The Bertz CT molecular complexity index is 617. The molecule has 1 fully saturated rings. The molecular weight excluding hydrogens is 258 g/mol. The van der Waals surface area contributed by atoms with E-state index in [9.17, 15) is 0 Å². The van der Waals surface area contributed by atoms with Crippen LogP contribution in [-0.4, -0.2) is 12.6 Å². The summed E-state index contributed by atoms with van der Waals surface area (Å²) in [6.45, 7) is 5.81. The molecule has 2 heteroatoms. The number of hydrogen-bond donors (Lipinski definition) is 1. The first-order valence-electron chi connectivity index (χ1n) is 7.82. The normalized spacial score (nSPS) is 14.2. The van der Waals surface area contributed by atoms with Crippen molar-refractivity contribution in [2.24, 2.45) is 0 Å². The molecule has 2 aromatic rings. The molecule has 0 amide bonds. The van der Waals surface area contributed by atoms with Gasteiger partial charge in [-0.3, -0.25) is 0 Å². The highest BCUT2D eigenvalue weighted by molar-refractivity contribution is 5.69. The number of nitrogens with one attached hydrogen (secondary N) is 1. The zero-order valence-corrected chi connectivity index (χ0v) is 12.9. The van der Waals surface area contributed by atoms with Gasteiger partial charge in [0.15, 0.2) is 0 Å². The third-order valence-electron chi connectivity index (χ3n) is 3.88. The van der Waals surface area contributed by atoms with Crippen molar-refractivity contribution in [2.45, 2.75) is 39.3 Å². The molecule has 3 rings (SSSR count). The summed E-state index contributed by atoms with van der Waals surface area (Å²) in [7, 11) is 0. The van der Waals surface area contributed by atoms with Gasteiger partial charge in [-0.2, -0.15) is 0 Å².